The number of carbonyl (C=O) groups is 1. The molecule has 0 fully saturated rings. The number of hydrogen-bond donors (Lipinski definition) is 6. The van der Waals surface area contributed by atoms with Gasteiger partial charge in [0.05, 0.1) is 39.3 Å². The van der Waals surface area contributed by atoms with Crippen molar-refractivity contribution < 1.29 is 53.5 Å². The Hall–Kier alpha value is -6.03. The quantitative estimate of drug-likeness (QED) is 0.0507. The van der Waals surface area contributed by atoms with Gasteiger partial charge in [-0.3, -0.25) is 23.9 Å². The van der Waals surface area contributed by atoms with E-state index in [1.807, 2.05) is 30.3 Å². The molecule has 5 aromatic carbocycles. The number of rotatable bonds is 10. The van der Waals surface area contributed by atoms with Crippen molar-refractivity contribution in [3.05, 3.63) is 107 Å². The average Bonchev–Trinajstić information content (AvgIpc) is 3.09. The number of nitrogens with one attached hydrogen (secondary N) is 2. The molecule has 5 aromatic rings. The van der Waals surface area contributed by atoms with Crippen LogP contribution in [0.3, 0.4) is 0 Å². The van der Waals surface area contributed by atoms with Crippen molar-refractivity contribution in [2.24, 2.45) is 15.3 Å². The van der Waals surface area contributed by atoms with Crippen LogP contribution >= 0.6 is 0 Å². The normalized spacial score (nSPS) is 14.3. The minimum Gasteiger partial charge on any atom is -0.507 e. The molecule has 0 amide bonds. The second-order valence-corrected chi connectivity index (χ2v) is 15.9. The van der Waals surface area contributed by atoms with Crippen molar-refractivity contribution in [2.45, 2.75) is 16.7 Å². The number of aryl methyl sites for hydroxylation is 1. The smallest absolute Gasteiger partial charge is 0.296 e. The first-order valence-corrected chi connectivity index (χ1v) is 19.6. The second-order valence-electron chi connectivity index (χ2n) is 11.7. The molecular weight excluding hydrogens is 767 g/mol. The minimum atomic E-state index is -4.95. The largest absolute Gasteiger partial charge is 0.507 e. The SMILES string of the molecule is COc1cc(N=Nc2cc(S(=O)(=O)O)cc3cc(S(=O)(=O)O)cc(O)c23)c(C)cc1N/N=C1\C(=O)c2ccc(Nc3ccccc3)cc2C=C1S(=O)(=O)O. The molecule has 17 nitrogen and oxygen atoms in total. The van der Waals surface area contributed by atoms with Crippen LogP contribution < -0.4 is 15.5 Å². The molecule has 54 heavy (non-hydrogen) atoms. The number of aromatic hydroxyl groups is 1. The highest BCUT2D eigenvalue weighted by atomic mass is 32.2. The maximum Gasteiger partial charge on any atom is 0.296 e. The van der Waals surface area contributed by atoms with E-state index in [0.717, 1.165) is 36.0 Å². The number of Topliss-reactive ketones (excluding diaryl/α,β-unsaturated/α-hetero) is 1. The van der Waals surface area contributed by atoms with Crippen LogP contribution in [0.4, 0.5) is 28.4 Å². The van der Waals surface area contributed by atoms with Crippen LogP contribution in [0.5, 0.6) is 11.5 Å². The predicted molar refractivity (Wildman–Crippen MR) is 198 cm³/mol. The maximum absolute atomic E-state index is 13.6. The predicted octanol–water partition coefficient (Wildman–Crippen LogP) is 6.41. The number of phenols is 1. The van der Waals surface area contributed by atoms with E-state index in [9.17, 15) is 48.8 Å². The number of allylic oxidation sites excluding steroid dienone is 1. The van der Waals surface area contributed by atoms with E-state index in [4.69, 9.17) is 4.74 Å². The van der Waals surface area contributed by atoms with Gasteiger partial charge in [0.1, 0.15) is 16.4 Å². The molecule has 0 saturated carbocycles. The summed E-state index contributed by atoms with van der Waals surface area (Å²) in [6.45, 7) is 1.57. The number of carbonyl (C=O) groups excluding carboxylic acids is 1. The molecule has 0 heterocycles. The number of anilines is 3. The van der Waals surface area contributed by atoms with Crippen LogP contribution in [0, 0.1) is 6.92 Å². The first-order valence-electron chi connectivity index (χ1n) is 15.2. The van der Waals surface area contributed by atoms with Gasteiger partial charge in [-0.2, -0.15) is 35.5 Å². The summed E-state index contributed by atoms with van der Waals surface area (Å²) in [5.41, 5.74) is 3.92. The van der Waals surface area contributed by atoms with Crippen LogP contribution in [0.2, 0.25) is 0 Å². The highest BCUT2D eigenvalue weighted by Crippen LogP contribution is 2.40. The van der Waals surface area contributed by atoms with Gasteiger partial charge in [-0.05, 0) is 84.1 Å². The number of azo groups is 1. The molecule has 0 spiro atoms. The molecule has 6 rings (SSSR count). The fourth-order valence-electron chi connectivity index (χ4n) is 5.46. The molecular formula is C34H27N5O12S3. The molecule has 0 bridgehead atoms. The van der Waals surface area contributed by atoms with Gasteiger partial charge in [0.15, 0.2) is 5.71 Å². The Morgan fingerprint density at radius 3 is 2.00 bits per heavy atom. The summed E-state index contributed by atoms with van der Waals surface area (Å²) >= 11 is 0. The summed E-state index contributed by atoms with van der Waals surface area (Å²) in [5.74, 6) is -1.45. The monoisotopic (exact) mass is 793 g/mol. The van der Waals surface area contributed by atoms with Crippen molar-refractivity contribution in [1.82, 2.24) is 0 Å². The fraction of sp³-hybridized carbons (Fsp3) is 0.0588. The number of nitrogens with zero attached hydrogens (tertiary/aromatic N) is 3. The number of ether oxygens (including phenoxy) is 1. The molecule has 0 radical (unpaired) electrons. The summed E-state index contributed by atoms with van der Waals surface area (Å²) in [6.07, 6.45) is 1.12. The zero-order valence-corrected chi connectivity index (χ0v) is 30.2. The lowest BCUT2D eigenvalue weighted by Crippen LogP contribution is -2.27. The molecule has 0 atom stereocenters. The Kier molecular flexibility index (Phi) is 9.83. The number of fused-ring (bicyclic) bond motifs is 2. The number of para-hydroxylation sites is 1. The summed E-state index contributed by atoms with van der Waals surface area (Å²) in [5, 5.41) is 25.6. The lowest BCUT2D eigenvalue weighted by molar-refractivity contribution is 0.106. The van der Waals surface area contributed by atoms with Crippen LogP contribution in [0.25, 0.3) is 16.8 Å². The zero-order chi connectivity index (χ0) is 39.2. The molecule has 278 valence electrons. The summed E-state index contributed by atoms with van der Waals surface area (Å²) in [7, 11) is -13.4. The van der Waals surface area contributed by atoms with Gasteiger partial charge in [0.25, 0.3) is 30.4 Å². The Morgan fingerprint density at radius 1 is 0.722 bits per heavy atom. The average molecular weight is 794 g/mol. The summed E-state index contributed by atoms with van der Waals surface area (Å²) in [6, 6.07) is 19.9. The fourth-order valence-corrected chi connectivity index (χ4v) is 7.20. The van der Waals surface area contributed by atoms with Gasteiger partial charge < -0.3 is 15.2 Å². The second kappa shape index (κ2) is 14.1. The topological polar surface area (TPSA) is 271 Å². The number of hydrazone groups is 1. The van der Waals surface area contributed by atoms with E-state index in [1.54, 1.807) is 19.1 Å². The Bertz CT molecular complexity index is 2820. The highest BCUT2D eigenvalue weighted by molar-refractivity contribution is 7.91. The van der Waals surface area contributed by atoms with Crippen molar-refractivity contribution >= 4 is 87.1 Å². The first kappa shape index (κ1) is 37.7. The van der Waals surface area contributed by atoms with Crippen molar-refractivity contribution in [3.8, 4) is 11.5 Å². The Balaban J connectivity index is 1.35. The minimum absolute atomic E-state index is 0.0498. The van der Waals surface area contributed by atoms with Crippen LogP contribution in [-0.2, 0) is 30.4 Å². The van der Waals surface area contributed by atoms with Gasteiger partial charge in [0, 0.05) is 29.1 Å². The van der Waals surface area contributed by atoms with Gasteiger partial charge in [0.2, 0.25) is 5.78 Å². The number of benzene rings is 5. The van der Waals surface area contributed by atoms with Crippen LogP contribution in [-0.4, -0.2) is 62.6 Å². The zero-order valence-electron chi connectivity index (χ0n) is 27.8. The van der Waals surface area contributed by atoms with E-state index >= 15 is 0 Å². The Morgan fingerprint density at radius 2 is 1.37 bits per heavy atom. The van der Waals surface area contributed by atoms with E-state index in [0.29, 0.717) is 11.3 Å². The molecule has 0 unspecified atom stereocenters. The third kappa shape index (κ3) is 7.83. The number of hydrogen-bond acceptors (Lipinski definition) is 14. The lowest BCUT2D eigenvalue weighted by Gasteiger charge is -2.18. The Labute approximate surface area is 307 Å². The molecule has 1 aliphatic carbocycles. The third-order valence-electron chi connectivity index (χ3n) is 7.99. The molecule has 6 N–H and O–H groups in total. The van der Waals surface area contributed by atoms with Crippen molar-refractivity contribution in [3.63, 3.8) is 0 Å². The van der Waals surface area contributed by atoms with Crippen LogP contribution in [0.1, 0.15) is 21.5 Å². The van der Waals surface area contributed by atoms with Gasteiger partial charge >= 0.3 is 0 Å². The summed E-state index contributed by atoms with van der Waals surface area (Å²) in [4.78, 5) is 11.3. The van der Waals surface area contributed by atoms with Gasteiger partial charge in [-0.1, -0.05) is 18.2 Å². The number of phenolic OH excluding ortho intramolecular Hbond substituents is 1. The van der Waals surface area contributed by atoms with Crippen molar-refractivity contribution in [2.75, 3.05) is 17.9 Å². The standard InChI is InChI=1S/C34H27N5O12S3/c1-18-10-27(37-39-33-31(54(48,49)50)14-19-11-22(8-9-25(19)34(33)41)35-21-6-4-3-5-7-21)30(51-2)17-26(18)36-38-28-15-23(52(42,43)44)12-20-13-24(53(45,46)47)16-29(40)32(20)28/h3-17,35,37,40H,1-2H3,(H,42,43,44)(H,45,46,47)(H,48,49,50)/b38-36?,39-33-. The highest BCUT2D eigenvalue weighted by Gasteiger charge is 2.33. The van der Waals surface area contributed by atoms with E-state index in [-0.39, 0.29) is 44.7 Å². The van der Waals surface area contributed by atoms with E-state index in [2.05, 4.69) is 26.1 Å². The molecule has 0 aromatic heterocycles. The van der Waals surface area contributed by atoms with Crippen LogP contribution in [0.15, 0.2) is 115 Å². The van der Waals surface area contributed by atoms with E-state index < -0.39 is 62.3 Å². The van der Waals surface area contributed by atoms with E-state index in [1.165, 1.54) is 25.3 Å². The van der Waals surface area contributed by atoms with Gasteiger partial charge in [-0.15, -0.1) is 5.11 Å². The molecule has 1 aliphatic rings. The summed E-state index contributed by atoms with van der Waals surface area (Å²) < 4.78 is 107. The maximum atomic E-state index is 13.6. The molecule has 20 heteroatoms. The number of ketones is 1. The third-order valence-corrected chi connectivity index (χ3v) is 10.5. The molecule has 0 saturated heterocycles. The first-order chi connectivity index (χ1) is 25.3. The molecule has 0 aliphatic heterocycles. The lowest BCUT2D eigenvalue weighted by atomic mass is 9.94. The number of methoxy groups -OCH3 is 1. The van der Waals surface area contributed by atoms with Crippen molar-refractivity contribution in [1.29, 1.82) is 0 Å². The van der Waals surface area contributed by atoms with Gasteiger partial charge in [-0.25, -0.2) is 0 Å².